The number of hydrogen-bond acceptors (Lipinski definition) is 3. The summed E-state index contributed by atoms with van der Waals surface area (Å²) in [5.41, 5.74) is -8.18. The van der Waals surface area contributed by atoms with Crippen LogP contribution in [0, 0.1) is 0 Å². The van der Waals surface area contributed by atoms with Gasteiger partial charge in [-0.1, -0.05) is 24.8 Å². The van der Waals surface area contributed by atoms with Crippen LogP contribution in [0.1, 0.15) is 31.9 Å². The van der Waals surface area contributed by atoms with E-state index in [4.69, 9.17) is 4.74 Å². The summed E-state index contributed by atoms with van der Waals surface area (Å²) in [7, 11) is 0. The molecule has 1 rings (SSSR count). The van der Waals surface area contributed by atoms with Gasteiger partial charge in [0, 0.05) is 11.1 Å². The predicted octanol–water partition coefficient (Wildman–Crippen LogP) is 4.35. The van der Waals surface area contributed by atoms with Gasteiger partial charge in [0.05, 0.1) is 0 Å². The number of hydrogen-bond donors (Lipinski definition) is 1. The van der Waals surface area contributed by atoms with Crippen LogP contribution in [0.3, 0.4) is 0 Å². The van der Waals surface area contributed by atoms with Gasteiger partial charge in [0.2, 0.25) is 0 Å². The van der Waals surface area contributed by atoms with Crippen molar-refractivity contribution in [2.75, 3.05) is 0 Å². The predicted molar refractivity (Wildman–Crippen MR) is 76.4 cm³/mol. The van der Waals surface area contributed by atoms with Gasteiger partial charge in [-0.15, -0.1) is 0 Å². The number of alkyl halides is 6. The Kier molecular flexibility index (Phi) is 5.35. The lowest BCUT2D eigenvalue weighted by molar-refractivity contribution is -0.376. The average molecular weight is 370 g/mol. The van der Waals surface area contributed by atoms with Crippen LogP contribution in [0.25, 0.3) is 0 Å². The Morgan fingerprint density at radius 2 is 1.48 bits per heavy atom. The number of aliphatic hydroxyl groups is 1. The highest BCUT2D eigenvalue weighted by Crippen LogP contribution is 2.50. The molecule has 1 aromatic rings. The molecule has 0 aliphatic rings. The van der Waals surface area contributed by atoms with Gasteiger partial charge in [-0.05, 0) is 32.4 Å². The normalized spacial score (nSPS) is 13.5. The van der Waals surface area contributed by atoms with Crippen molar-refractivity contribution < 1.29 is 41.0 Å². The van der Waals surface area contributed by atoms with E-state index in [9.17, 15) is 36.2 Å². The van der Waals surface area contributed by atoms with E-state index in [2.05, 4.69) is 6.58 Å². The fraction of sp³-hybridized carbons (Fsp3) is 0.438. The number of carbonyl (C=O) groups is 1. The first kappa shape index (κ1) is 21.0. The van der Waals surface area contributed by atoms with Gasteiger partial charge < -0.3 is 9.84 Å². The minimum absolute atomic E-state index is 0.00585. The summed E-state index contributed by atoms with van der Waals surface area (Å²) in [6.07, 6.45) is -12.0. The fourth-order valence-electron chi connectivity index (χ4n) is 1.98. The van der Waals surface area contributed by atoms with Crippen LogP contribution in [0.2, 0.25) is 0 Å². The topological polar surface area (TPSA) is 46.5 Å². The number of ether oxygens (including phenoxy) is 1. The number of rotatable bonds is 4. The summed E-state index contributed by atoms with van der Waals surface area (Å²) in [5, 5.41) is 9.44. The Hall–Kier alpha value is -2.03. The van der Waals surface area contributed by atoms with Crippen LogP contribution in [0.4, 0.5) is 26.3 Å². The van der Waals surface area contributed by atoms with E-state index >= 15 is 0 Å². The summed E-state index contributed by atoms with van der Waals surface area (Å²) in [4.78, 5) is 11.6. The molecular weight excluding hydrogens is 354 g/mol. The van der Waals surface area contributed by atoms with Crippen LogP contribution in [0.15, 0.2) is 36.4 Å². The van der Waals surface area contributed by atoms with E-state index in [1.807, 2.05) is 0 Å². The molecule has 0 bridgehead atoms. The van der Waals surface area contributed by atoms with Gasteiger partial charge in [0.1, 0.15) is 5.60 Å². The molecule has 0 fully saturated rings. The maximum Gasteiger partial charge on any atom is 0.430 e. The Bertz CT molecular complexity index is 659. The van der Waals surface area contributed by atoms with Gasteiger partial charge in [-0.2, -0.15) is 26.3 Å². The standard InChI is InChI=1S/C16H16F6O3/c1-9(2)12(23)25-13(3,4)10-6-5-7-11(8-10)14(24,15(17,18)19)16(20,21)22/h5-8,24H,1H2,2-4H3. The van der Waals surface area contributed by atoms with Crippen LogP contribution in [-0.2, 0) is 20.7 Å². The maximum absolute atomic E-state index is 13.0. The Morgan fingerprint density at radius 1 is 1.04 bits per heavy atom. The zero-order chi connectivity index (χ0) is 19.8. The molecule has 0 saturated heterocycles. The molecule has 0 spiro atoms. The number of halogens is 6. The van der Waals surface area contributed by atoms with E-state index in [0.717, 1.165) is 6.07 Å². The zero-order valence-corrected chi connectivity index (χ0v) is 13.5. The number of carbonyl (C=O) groups excluding carboxylic acids is 1. The third-order valence-electron chi connectivity index (χ3n) is 3.49. The number of esters is 1. The summed E-state index contributed by atoms with van der Waals surface area (Å²) in [6.45, 7) is 7.25. The first-order valence-corrected chi connectivity index (χ1v) is 6.89. The fourth-order valence-corrected chi connectivity index (χ4v) is 1.98. The molecule has 1 N–H and O–H groups in total. The second kappa shape index (κ2) is 6.36. The van der Waals surface area contributed by atoms with E-state index in [1.165, 1.54) is 26.8 Å². The van der Waals surface area contributed by atoms with E-state index in [-0.39, 0.29) is 11.1 Å². The molecule has 0 atom stereocenters. The number of benzene rings is 1. The van der Waals surface area contributed by atoms with Crippen LogP contribution < -0.4 is 0 Å². The van der Waals surface area contributed by atoms with Gasteiger partial charge >= 0.3 is 18.3 Å². The van der Waals surface area contributed by atoms with Crippen LogP contribution in [-0.4, -0.2) is 23.4 Å². The van der Waals surface area contributed by atoms with Gasteiger partial charge in [0.15, 0.2) is 0 Å². The van der Waals surface area contributed by atoms with Crippen LogP contribution >= 0.6 is 0 Å². The van der Waals surface area contributed by atoms with E-state index < -0.39 is 35.1 Å². The third kappa shape index (κ3) is 3.97. The van der Waals surface area contributed by atoms with Crippen molar-refractivity contribution in [1.82, 2.24) is 0 Å². The van der Waals surface area contributed by atoms with Gasteiger partial charge in [-0.3, -0.25) is 0 Å². The minimum atomic E-state index is -6.00. The third-order valence-corrected chi connectivity index (χ3v) is 3.49. The molecule has 0 unspecified atom stereocenters. The molecule has 0 heterocycles. The van der Waals surface area contributed by atoms with E-state index in [1.54, 1.807) is 0 Å². The minimum Gasteiger partial charge on any atom is -0.451 e. The van der Waals surface area contributed by atoms with Crippen molar-refractivity contribution in [2.45, 2.75) is 44.3 Å². The first-order chi connectivity index (χ1) is 11.0. The van der Waals surface area contributed by atoms with Crippen molar-refractivity contribution >= 4 is 5.97 Å². The molecular formula is C16H16F6O3. The van der Waals surface area contributed by atoms with Crippen molar-refractivity contribution in [3.8, 4) is 0 Å². The van der Waals surface area contributed by atoms with E-state index in [0.29, 0.717) is 12.1 Å². The highest BCUT2D eigenvalue weighted by molar-refractivity contribution is 5.87. The Labute approximate surface area is 139 Å². The molecule has 0 aromatic heterocycles. The lowest BCUT2D eigenvalue weighted by Gasteiger charge is -2.34. The van der Waals surface area contributed by atoms with Crippen molar-refractivity contribution in [3.63, 3.8) is 0 Å². The molecule has 1 aromatic carbocycles. The second-order valence-corrected chi connectivity index (χ2v) is 5.97. The monoisotopic (exact) mass is 370 g/mol. The molecule has 25 heavy (non-hydrogen) atoms. The van der Waals surface area contributed by atoms with Crippen molar-refractivity contribution in [1.29, 1.82) is 0 Å². The molecule has 0 amide bonds. The van der Waals surface area contributed by atoms with Gasteiger partial charge in [0.25, 0.3) is 5.60 Å². The summed E-state index contributed by atoms with van der Waals surface area (Å²) in [5.74, 6) is -0.864. The van der Waals surface area contributed by atoms with Crippen LogP contribution in [0.5, 0.6) is 0 Å². The van der Waals surface area contributed by atoms with Gasteiger partial charge in [-0.25, -0.2) is 4.79 Å². The smallest absolute Gasteiger partial charge is 0.430 e. The molecule has 9 heteroatoms. The molecule has 140 valence electrons. The molecule has 0 radical (unpaired) electrons. The summed E-state index contributed by atoms with van der Waals surface area (Å²) in [6, 6.07) is 3.10. The lowest BCUT2D eigenvalue weighted by atomic mass is 9.87. The molecule has 3 nitrogen and oxygen atoms in total. The molecule has 0 aliphatic heterocycles. The summed E-state index contributed by atoms with van der Waals surface area (Å²) >= 11 is 0. The lowest BCUT2D eigenvalue weighted by Crippen LogP contribution is -2.54. The first-order valence-electron chi connectivity index (χ1n) is 6.89. The SMILES string of the molecule is C=C(C)C(=O)OC(C)(C)c1cccc(C(O)(C(F)(F)F)C(F)(F)F)c1. The quantitative estimate of drug-likeness (QED) is 0.487. The Balaban J connectivity index is 3.46. The van der Waals surface area contributed by atoms with Crippen molar-refractivity contribution in [2.24, 2.45) is 0 Å². The largest absolute Gasteiger partial charge is 0.451 e. The highest BCUT2D eigenvalue weighted by atomic mass is 19.4. The zero-order valence-electron chi connectivity index (χ0n) is 13.5. The highest BCUT2D eigenvalue weighted by Gasteiger charge is 2.71. The Morgan fingerprint density at radius 3 is 1.88 bits per heavy atom. The van der Waals surface area contributed by atoms with Crippen molar-refractivity contribution in [3.05, 3.63) is 47.5 Å². The molecule has 0 aliphatic carbocycles. The average Bonchev–Trinajstić information content (AvgIpc) is 2.43. The molecule has 0 saturated carbocycles. The summed E-state index contributed by atoms with van der Waals surface area (Å²) < 4.78 is 82.8. The second-order valence-electron chi connectivity index (χ2n) is 5.97. The maximum atomic E-state index is 13.0.